The number of nitrogens with zero attached hydrogens (tertiary/aromatic N) is 2. The second-order valence-corrected chi connectivity index (χ2v) is 8.94. The van der Waals surface area contributed by atoms with Gasteiger partial charge in [0.1, 0.15) is 0 Å². The van der Waals surface area contributed by atoms with Gasteiger partial charge in [-0.15, -0.1) is 0 Å². The van der Waals surface area contributed by atoms with E-state index in [2.05, 4.69) is 36.7 Å². The van der Waals surface area contributed by atoms with Gasteiger partial charge in [0.25, 0.3) is 11.8 Å². The molecule has 0 radical (unpaired) electrons. The number of halogens is 1. The summed E-state index contributed by atoms with van der Waals surface area (Å²) in [4.78, 5) is 27.3. The Hall–Kier alpha value is -2.51. The summed E-state index contributed by atoms with van der Waals surface area (Å²) < 4.78 is 0.971. The first-order chi connectivity index (χ1) is 15.6. The molecule has 1 aliphatic heterocycles. The van der Waals surface area contributed by atoms with Crippen LogP contribution in [0.25, 0.3) is 0 Å². The van der Waals surface area contributed by atoms with Crippen LogP contribution in [0.5, 0.6) is 0 Å². The molecule has 0 aromatic heterocycles. The zero-order valence-corrected chi connectivity index (χ0v) is 19.9. The molecule has 2 amide bonds. The van der Waals surface area contributed by atoms with Crippen molar-refractivity contribution < 1.29 is 9.59 Å². The lowest BCUT2D eigenvalue weighted by Crippen LogP contribution is -2.47. The Kier molecular flexibility index (Phi) is 9.91. The molecule has 1 heterocycles. The normalized spacial score (nSPS) is 15.4. The highest BCUT2D eigenvalue weighted by Crippen LogP contribution is 2.17. The van der Waals surface area contributed by atoms with Crippen molar-refractivity contribution in [3.63, 3.8) is 0 Å². The van der Waals surface area contributed by atoms with E-state index in [0.717, 1.165) is 55.2 Å². The molecule has 3 rings (SSSR count). The van der Waals surface area contributed by atoms with E-state index in [1.807, 2.05) is 42.5 Å². The minimum Gasteiger partial charge on any atom is -0.352 e. The molecule has 1 fully saturated rings. The minimum atomic E-state index is -0.195. The highest BCUT2D eigenvalue weighted by molar-refractivity contribution is 9.10. The predicted molar refractivity (Wildman–Crippen MR) is 132 cm³/mol. The van der Waals surface area contributed by atoms with Crippen LogP contribution in [0.15, 0.2) is 64.2 Å². The van der Waals surface area contributed by atoms with Gasteiger partial charge in [0.05, 0.1) is 12.3 Å². The molecule has 1 unspecified atom stereocenters. The third kappa shape index (κ3) is 7.88. The number of rotatable bonds is 10. The standard InChI is InChI=1S/C25H31BrN4O2/c26-22-13-9-10-20(18-22)19-28-29-25(32)23(30-16-7-2-8-17-30)14-5-6-15-27-24(31)21-11-3-1-4-12-21/h1,3-4,9-13,18-19,23H,2,5-8,14-17H2,(H,27,31)(H,29,32). The minimum absolute atomic E-state index is 0.0576. The molecule has 32 heavy (non-hydrogen) atoms. The monoisotopic (exact) mass is 498 g/mol. The zero-order valence-electron chi connectivity index (χ0n) is 18.3. The van der Waals surface area contributed by atoms with Gasteiger partial charge in [0, 0.05) is 16.6 Å². The molecule has 1 atom stereocenters. The van der Waals surface area contributed by atoms with Crippen LogP contribution in [0.4, 0.5) is 0 Å². The zero-order chi connectivity index (χ0) is 22.6. The molecule has 2 aromatic rings. The van der Waals surface area contributed by atoms with Crippen molar-refractivity contribution in [1.29, 1.82) is 0 Å². The Balaban J connectivity index is 1.47. The van der Waals surface area contributed by atoms with Crippen molar-refractivity contribution >= 4 is 34.0 Å². The van der Waals surface area contributed by atoms with Gasteiger partial charge in [-0.3, -0.25) is 14.5 Å². The van der Waals surface area contributed by atoms with E-state index in [0.29, 0.717) is 12.1 Å². The smallest absolute Gasteiger partial charge is 0.257 e. The number of piperidine rings is 1. The largest absolute Gasteiger partial charge is 0.352 e. The fourth-order valence-electron chi connectivity index (χ4n) is 3.90. The number of hydrazone groups is 1. The molecule has 7 heteroatoms. The molecule has 2 N–H and O–H groups in total. The van der Waals surface area contributed by atoms with Crippen LogP contribution >= 0.6 is 15.9 Å². The number of unbranched alkanes of at least 4 members (excludes halogenated alkanes) is 1. The van der Waals surface area contributed by atoms with Crippen LogP contribution in [0.3, 0.4) is 0 Å². The Labute approximate surface area is 198 Å². The molecule has 2 aromatic carbocycles. The lowest BCUT2D eigenvalue weighted by molar-refractivity contribution is -0.127. The maximum Gasteiger partial charge on any atom is 0.257 e. The number of benzene rings is 2. The van der Waals surface area contributed by atoms with Crippen molar-refractivity contribution in [3.05, 3.63) is 70.2 Å². The summed E-state index contributed by atoms with van der Waals surface area (Å²) in [7, 11) is 0. The molecule has 170 valence electrons. The quantitative estimate of drug-likeness (QED) is 0.290. The van der Waals surface area contributed by atoms with E-state index in [1.54, 1.807) is 18.3 Å². The number of carbonyl (C=O) groups is 2. The number of nitrogens with one attached hydrogen (secondary N) is 2. The van der Waals surface area contributed by atoms with E-state index in [9.17, 15) is 9.59 Å². The number of hydrogen-bond acceptors (Lipinski definition) is 4. The van der Waals surface area contributed by atoms with Gasteiger partial charge in [0.15, 0.2) is 0 Å². The first-order valence-electron chi connectivity index (χ1n) is 11.3. The lowest BCUT2D eigenvalue weighted by Gasteiger charge is -2.33. The number of carbonyl (C=O) groups excluding carboxylic acids is 2. The highest BCUT2D eigenvalue weighted by atomic mass is 79.9. The molecular weight excluding hydrogens is 468 g/mol. The van der Waals surface area contributed by atoms with Crippen LogP contribution in [0, 0.1) is 0 Å². The van der Waals surface area contributed by atoms with E-state index in [4.69, 9.17) is 0 Å². The van der Waals surface area contributed by atoms with Crippen LogP contribution in [0.1, 0.15) is 54.4 Å². The summed E-state index contributed by atoms with van der Waals surface area (Å²) in [6.07, 6.45) is 7.57. The second kappa shape index (κ2) is 13.1. The van der Waals surface area contributed by atoms with Crippen molar-refractivity contribution in [2.24, 2.45) is 5.10 Å². The van der Waals surface area contributed by atoms with E-state index >= 15 is 0 Å². The summed E-state index contributed by atoms with van der Waals surface area (Å²) in [5.74, 6) is -0.121. The van der Waals surface area contributed by atoms with Gasteiger partial charge < -0.3 is 5.32 Å². The predicted octanol–water partition coefficient (Wildman–Crippen LogP) is 4.35. The summed E-state index contributed by atoms with van der Waals surface area (Å²) in [6, 6.07) is 16.8. The summed E-state index contributed by atoms with van der Waals surface area (Å²) >= 11 is 3.44. The third-order valence-electron chi connectivity index (χ3n) is 5.60. The molecule has 0 aliphatic carbocycles. The van der Waals surface area contributed by atoms with Gasteiger partial charge in [-0.1, -0.05) is 52.7 Å². The Bertz CT molecular complexity index is 898. The fraction of sp³-hybridized carbons (Fsp3) is 0.400. The van der Waals surface area contributed by atoms with Gasteiger partial charge in [-0.25, -0.2) is 5.43 Å². The van der Waals surface area contributed by atoms with Crippen molar-refractivity contribution in [3.8, 4) is 0 Å². The first kappa shape index (κ1) is 24.1. The van der Waals surface area contributed by atoms with Gasteiger partial charge >= 0.3 is 0 Å². The van der Waals surface area contributed by atoms with E-state index in [-0.39, 0.29) is 17.9 Å². The van der Waals surface area contributed by atoms with Gasteiger partial charge in [-0.2, -0.15) is 5.10 Å². The SMILES string of the molecule is O=C(NCCCCC(C(=O)NN=Cc1cccc(Br)c1)N1CCCCC1)c1ccccc1. The molecule has 1 aliphatic rings. The molecular formula is C25H31BrN4O2. The number of likely N-dealkylation sites (tertiary alicyclic amines) is 1. The topological polar surface area (TPSA) is 73.8 Å². The number of amides is 2. The van der Waals surface area contributed by atoms with Crippen LogP contribution < -0.4 is 10.7 Å². The lowest BCUT2D eigenvalue weighted by atomic mass is 10.0. The molecule has 6 nitrogen and oxygen atoms in total. The maximum atomic E-state index is 12.9. The Morgan fingerprint density at radius 2 is 1.81 bits per heavy atom. The third-order valence-corrected chi connectivity index (χ3v) is 6.09. The second-order valence-electron chi connectivity index (χ2n) is 8.02. The Morgan fingerprint density at radius 3 is 2.56 bits per heavy atom. The van der Waals surface area contributed by atoms with Crippen molar-refractivity contribution in [2.75, 3.05) is 19.6 Å². The highest BCUT2D eigenvalue weighted by Gasteiger charge is 2.26. The first-order valence-corrected chi connectivity index (χ1v) is 12.1. The summed E-state index contributed by atoms with van der Waals surface area (Å²) in [5.41, 5.74) is 4.32. The Morgan fingerprint density at radius 1 is 1.03 bits per heavy atom. The van der Waals surface area contributed by atoms with Crippen LogP contribution in [-0.2, 0) is 4.79 Å². The maximum absolute atomic E-state index is 12.9. The van der Waals surface area contributed by atoms with Gasteiger partial charge in [-0.05, 0) is 75.0 Å². The number of hydrogen-bond donors (Lipinski definition) is 2. The van der Waals surface area contributed by atoms with Crippen molar-refractivity contribution in [1.82, 2.24) is 15.6 Å². The van der Waals surface area contributed by atoms with Crippen molar-refractivity contribution in [2.45, 2.75) is 44.6 Å². The molecule has 0 bridgehead atoms. The summed E-state index contributed by atoms with van der Waals surface area (Å²) in [5, 5.41) is 7.13. The summed E-state index contributed by atoms with van der Waals surface area (Å²) in [6.45, 7) is 2.49. The van der Waals surface area contributed by atoms with E-state index < -0.39 is 0 Å². The fourth-order valence-corrected chi connectivity index (χ4v) is 4.31. The molecule has 1 saturated heterocycles. The van der Waals surface area contributed by atoms with E-state index in [1.165, 1.54) is 6.42 Å². The molecule has 0 spiro atoms. The average Bonchev–Trinajstić information content (AvgIpc) is 2.82. The average molecular weight is 499 g/mol. The van der Waals surface area contributed by atoms with Crippen LogP contribution in [-0.4, -0.2) is 48.6 Å². The van der Waals surface area contributed by atoms with Gasteiger partial charge in [0.2, 0.25) is 0 Å². The molecule has 0 saturated carbocycles. The van der Waals surface area contributed by atoms with Crippen LogP contribution in [0.2, 0.25) is 0 Å².